The SMILES string of the molecule is CCN(Cc1ccc(OC)cc1)C(=O)c1sc(N)nc1C. The Morgan fingerprint density at radius 1 is 1.38 bits per heavy atom. The van der Waals surface area contributed by atoms with Crippen LogP contribution in [0.4, 0.5) is 5.13 Å². The maximum atomic E-state index is 12.6. The molecule has 0 bridgehead atoms. The zero-order valence-corrected chi connectivity index (χ0v) is 13.2. The molecule has 0 atom stereocenters. The lowest BCUT2D eigenvalue weighted by Gasteiger charge is -2.20. The van der Waals surface area contributed by atoms with E-state index in [4.69, 9.17) is 10.5 Å². The van der Waals surface area contributed by atoms with Crippen molar-refractivity contribution in [1.82, 2.24) is 9.88 Å². The number of amides is 1. The summed E-state index contributed by atoms with van der Waals surface area (Å²) in [6.45, 7) is 4.95. The van der Waals surface area contributed by atoms with Crippen LogP contribution in [0.1, 0.15) is 27.9 Å². The van der Waals surface area contributed by atoms with E-state index in [0.717, 1.165) is 11.3 Å². The Morgan fingerprint density at radius 2 is 2.05 bits per heavy atom. The van der Waals surface area contributed by atoms with Crippen LogP contribution in [0.2, 0.25) is 0 Å². The van der Waals surface area contributed by atoms with Gasteiger partial charge in [0.2, 0.25) is 0 Å². The van der Waals surface area contributed by atoms with Crippen molar-refractivity contribution in [2.24, 2.45) is 0 Å². The molecule has 0 radical (unpaired) electrons. The number of aromatic nitrogens is 1. The first-order chi connectivity index (χ1) is 10.0. The highest BCUT2D eigenvalue weighted by atomic mass is 32.1. The number of benzene rings is 1. The molecule has 2 rings (SSSR count). The van der Waals surface area contributed by atoms with Gasteiger partial charge < -0.3 is 15.4 Å². The first-order valence-corrected chi connectivity index (χ1v) is 7.52. The largest absolute Gasteiger partial charge is 0.497 e. The zero-order valence-electron chi connectivity index (χ0n) is 12.4. The fourth-order valence-corrected chi connectivity index (χ4v) is 2.84. The molecular formula is C15H19N3O2S. The molecule has 112 valence electrons. The molecule has 2 aromatic rings. The molecule has 0 spiro atoms. The van der Waals surface area contributed by atoms with Gasteiger partial charge in [-0.25, -0.2) is 4.98 Å². The number of hydrogen-bond acceptors (Lipinski definition) is 5. The second kappa shape index (κ2) is 6.58. The highest BCUT2D eigenvalue weighted by molar-refractivity contribution is 7.17. The van der Waals surface area contributed by atoms with Crippen molar-refractivity contribution in [2.75, 3.05) is 19.4 Å². The van der Waals surface area contributed by atoms with E-state index in [1.807, 2.05) is 31.2 Å². The van der Waals surface area contributed by atoms with Crippen molar-refractivity contribution in [1.29, 1.82) is 0 Å². The van der Waals surface area contributed by atoms with Crippen molar-refractivity contribution in [3.63, 3.8) is 0 Å². The summed E-state index contributed by atoms with van der Waals surface area (Å²) in [7, 11) is 1.63. The molecule has 1 aromatic carbocycles. The van der Waals surface area contributed by atoms with E-state index in [2.05, 4.69) is 4.98 Å². The Bertz CT molecular complexity index is 622. The van der Waals surface area contributed by atoms with E-state index < -0.39 is 0 Å². The molecule has 0 aliphatic heterocycles. The molecule has 1 amide bonds. The average molecular weight is 305 g/mol. The summed E-state index contributed by atoms with van der Waals surface area (Å²) in [5, 5.41) is 0.427. The predicted molar refractivity (Wildman–Crippen MR) is 84.7 cm³/mol. The van der Waals surface area contributed by atoms with Crippen molar-refractivity contribution >= 4 is 22.4 Å². The molecule has 21 heavy (non-hydrogen) atoms. The number of methoxy groups -OCH3 is 1. The summed E-state index contributed by atoms with van der Waals surface area (Å²) in [4.78, 5) is 19.1. The first-order valence-electron chi connectivity index (χ1n) is 6.70. The topological polar surface area (TPSA) is 68.5 Å². The van der Waals surface area contributed by atoms with Crippen LogP contribution in [-0.2, 0) is 6.54 Å². The van der Waals surface area contributed by atoms with Gasteiger partial charge in [0.05, 0.1) is 12.8 Å². The highest BCUT2D eigenvalue weighted by Gasteiger charge is 2.20. The van der Waals surface area contributed by atoms with Crippen molar-refractivity contribution in [2.45, 2.75) is 20.4 Å². The molecule has 0 unspecified atom stereocenters. The number of aryl methyl sites for hydroxylation is 1. The maximum Gasteiger partial charge on any atom is 0.266 e. The molecule has 1 heterocycles. The van der Waals surface area contributed by atoms with Crippen LogP contribution in [0.25, 0.3) is 0 Å². The number of nitrogens with zero attached hydrogens (tertiary/aromatic N) is 2. The van der Waals surface area contributed by atoms with E-state index in [9.17, 15) is 4.79 Å². The Hall–Kier alpha value is -2.08. The normalized spacial score (nSPS) is 10.4. The van der Waals surface area contributed by atoms with Crippen LogP contribution in [0, 0.1) is 6.92 Å². The van der Waals surface area contributed by atoms with Gasteiger partial charge in [-0.05, 0) is 31.5 Å². The lowest BCUT2D eigenvalue weighted by Crippen LogP contribution is -2.30. The molecule has 1 aromatic heterocycles. The van der Waals surface area contributed by atoms with Crippen molar-refractivity contribution in [3.05, 3.63) is 40.4 Å². The number of carbonyl (C=O) groups is 1. The number of carbonyl (C=O) groups excluding carboxylic acids is 1. The standard InChI is InChI=1S/C15H19N3O2S/c1-4-18(9-11-5-7-12(20-3)8-6-11)14(19)13-10(2)17-15(16)21-13/h5-8H,4,9H2,1-3H3,(H2,16,17). The van der Waals surface area contributed by atoms with Gasteiger partial charge in [0, 0.05) is 13.1 Å². The Kier molecular flexibility index (Phi) is 4.80. The number of nitrogens with two attached hydrogens (primary N) is 1. The van der Waals surface area contributed by atoms with E-state index in [1.54, 1.807) is 18.9 Å². The summed E-state index contributed by atoms with van der Waals surface area (Å²) in [5.41, 5.74) is 7.41. The van der Waals surface area contributed by atoms with Gasteiger partial charge in [-0.15, -0.1) is 0 Å². The number of anilines is 1. The minimum Gasteiger partial charge on any atom is -0.497 e. The van der Waals surface area contributed by atoms with E-state index in [-0.39, 0.29) is 5.91 Å². The highest BCUT2D eigenvalue weighted by Crippen LogP contribution is 2.22. The van der Waals surface area contributed by atoms with Gasteiger partial charge in [0.15, 0.2) is 5.13 Å². The average Bonchev–Trinajstić information content (AvgIpc) is 2.83. The van der Waals surface area contributed by atoms with Crippen LogP contribution in [0.5, 0.6) is 5.75 Å². The lowest BCUT2D eigenvalue weighted by molar-refractivity contribution is 0.0756. The van der Waals surface area contributed by atoms with Gasteiger partial charge >= 0.3 is 0 Å². The van der Waals surface area contributed by atoms with Gasteiger partial charge in [-0.3, -0.25) is 4.79 Å². The summed E-state index contributed by atoms with van der Waals surface area (Å²) < 4.78 is 5.13. The van der Waals surface area contributed by atoms with Gasteiger partial charge in [0.1, 0.15) is 10.6 Å². The minimum absolute atomic E-state index is 0.0278. The molecule has 6 heteroatoms. The molecule has 0 aliphatic rings. The summed E-state index contributed by atoms with van der Waals surface area (Å²) in [6, 6.07) is 7.71. The molecule has 2 N–H and O–H groups in total. The van der Waals surface area contributed by atoms with E-state index in [1.165, 1.54) is 11.3 Å². The van der Waals surface area contributed by atoms with Crippen LogP contribution in [0.3, 0.4) is 0 Å². The number of thiazole rings is 1. The molecule has 0 saturated heterocycles. The lowest BCUT2D eigenvalue weighted by atomic mass is 10.2. The summed E-state index contributed by atoms with van der Waals surface area (Å²) >= 11 is 1.24. The summed E-state index contributed by atoms with van der Waals surface area (Å²) in [5.74, 6) is 0.777. The van der Waals surface area contributed by atoms with Crippen molar-refractivity contribution in [3.8, 4) is 5.75 Å². The van der Waals surface area contributed by atoms with Gasteiger partial charge in [-0.1, -0.05) is 23.5 Å². The first kappa shape index (κ1) is 15.3. The fraction of sp³-hybridized carbons (Fsp3) is 0.333. The molecule has 5 nitrogen and oxygen atoms in total. The third kappa shape index (κ3) is 3.52. The van der Waals surface area contributed by atoms with Crippen molar-refractivity contribution < 1.29 is 9.53 Å². The minimum atomic E-state index is -0.0278. The third-order valence-electron chi connectivity index (χ3n) is 3.21. The maximum absolute atomic E-state index is 12.6. The second-order valence-electron chi connectivity index (χ2n) is 4.63. The van der Waals surface area contributed by atoms with Crippen LogP contribution in [-0.4, -0.2) is 29.4 Å². The summed E-state index contributed by atoms with van der Waals surface area (Å²) in [6.07, 6.45) is 0. The molecular weight excluding hydrogens is 286 g/mol. The van der Waals surface area contributed by atoms with Gasteiger partial charge in [-0.2, -0.15) is 0 Å². The quantitative estimate of drug-likeness (QED) is 0.922. The number of rotatable bonds is 5. The van der Waals surface area contributed by atoms with E-state index in [0.29, 0.717) is 28.8 Å². The molecule has 0 saturated carbocycles. The smallest absolute Gasteiger partial charge is 0.266 e. The third-order valence-corrected chi connectivity index (χ3v) is 4.18. The number of ether oxygens (including phenoxy) is 1. The van der Waals surface area contributed by atoms with E-state index >= 15 is 0 Å². The van der Waals surface area contributed by atoms with Crippen LogP contribution in [0.15, 0.2) is 24.3 Å². The van der Waals surface area contributed by atoms with Crippen LogP contribution < -0.4 is 10.5 Å². The zero-order chi connectivity index (χ0) is 15.4. The molecule has 0 fully saturated rings. The Labute approximate surface area is 128 Å². The fourth-order valence-electron chi connectivity index (χ4n) is 2.04. The van der Waals surface area contributed by atoms with Gasteiger partial charge in [0.25, 0.3) is 5.91 Å². The number of hydrogen-bond donors (Lipinski definition) is 1. The number of nitrogen functional groups attached to an aromatic ring is 1. The molecule has 0 aliphatic carbocycles. The Morgan fingerprint density at radius 3 is 2.52 bits per heavy atom. The Balaban J connectivity index is 2.15. The second-order valence-corrected chi connectivity index (χ2v) is 5.66. The monoisotopic (exact) mass is 305 g/mol. The van der Waals surface area contributed by atoms with Crippen LogP contribution >= 0.6 is 11.3 Å². The predicted octanol–water partition coefficient (Wildman–Crippen LogP) is 2.70.